The van der Waals surface area contributed by atoms with Gasteiger partial charge >= 0.3 is 0 Å². The highest BCUT2D eigenvalue weighted by Crippen LogP contribution is 2.41. The van der Waals surface area contributed by atoms with Crippen molar-refractivity contribution in [2.45, 2.75) is 58.1 Å². The minimum absolute atomic E-state index is 0.0440. The van der Waals surface area contributed by atoms with Gasteiger partial charge in [-0.15, -0.1) is 11.8 Å². The summed E-state index contributed by atoms with van der Waals surface area (Å²) in [4.78, 5) is 13.7. The van der Waals surface area contributed by atoms with Crippen LogP contribution in [0.2, 0.25) is 5.02 Å². The SMILES string of the molecule is Cc1ccc(Cl)c(C(=O)C(C)(C)C)c1SC(C)(C)C. The van der Waals surface area contributed by atoms with Crippen molar-refractivity contribution in [2.24, 2.45) is 5.41 Å². The van der Waals surface area contributed by atoms with Crippen molar-refractivity contribution >= 4 is 29.1 Å². The second-order valence-corrected chi connectivity index (χ2v) is 9.11. The quantitative estimate of drug-likeness (QED) is 0.509. The fourth-order valence-electron chi connectivity index (χ4n) is 1.69. The standard InChI is InChI=1S/C16H23ClOS/c1-10-8-9-11(17)12(14(18)15(2,3)4)13(10)19-16(5,6)7/h8-9H,1-7H3. The molecule has 0 saturated carbocycles. The first-order chi connectivity index (χ1) is 8.43. The van der Waals surface area contributed by atoms with Crippen LogP contribution in [0.5, 0.6) is 0 Å². The molecule has 0 unspecified atom stereocenters. The van der Waals surface area contributed by atoms with Gasteiger partial charge in [-0.2, -0.15) is 0 Å². The molecule has 0 aromatic heterocycles. The van der Waals surface area contributed by atoms with Crippen molar-refractivity contribution in [2.75, 3.05) is 0 Å². The van der Waals surface area contributed by atoms with Crippen molar-refractivity contribution in [3.63, 3.8) is 0 Å². The number of Topliss-reactive ketones (excluding diaryl/α,β-unsaturated/α-hetero) is 1. The molecule has 0 heterocycles. The van der Waals surface area contributed by atoms with Crippen molar-refractivity contribution in [1.29, 1.82) is 0 Å². The van der Waals surface area contributed by atoms with E-state index < -0.39 is 5.41 Å². The zero-order valence-electron chi connectivity index (χ0n) is 12.8. The fraction of sp³-hybridized carbons (Fsp3) is 0.562. The second kappa shape index (κ2) is 5.49. The average molecular weight is 299 g/mol. The molecule has 0 aliphatic heterocycles. The Morgan fingerprint density at radius 2 is 1.63 bits per heavy atom. The molecular formula is C16H23ClOS. The topological polar surface area (TPSA) is 17.1 Å². The number of carbonyl (C=O) groups excluding carboxylic acids is 1. The van der Waals surface area contributed by atoms with E-state index in [-0.39, 0.29) is 10.5 Å². The van der Waals surface area contributed by atoms with E-state index in [4.69, 9.17) is 11.6 Å². The van der Waals surface area contributed by atoms with Gasteiger partial charge in [0.15, 0.2) is 5.78 Å². The highest BCUT2D eigenvalue weighted by Gasteiger charge is 2.29. The highest BCUT2D eigenvalue weighted by molar-refractivity contribution is 8.00. The lowest BCUT2D eigenvalue weighted by Gasteiger charge is -2.25. The number of rotatable bonds is 2. The molecule has 1 nitrogen and oxygen atoms in total. The summed E-state index contributed by atoms with van der Waals surface area (Å²) in [5.74, 6) is 0.105. The summed E-state index contributed by atoms with van der Waals surface area (Å²) in [6.07, 6.45) is 0. The average Bonchev–Trinajstić information content (AvgIpc) is 2.20. The number of hydrogen-bond donors (Lipinski definition) is 0. The van der Waals surface area contributed by atoms with Gasteiger partial charge in [0.05, 0.1) is 10.6 Å². The summed E-state index contributed by atoms with van der Waals surface area (Å²) in [6.45, 7) is 14.2. The molecule has 0 fully saturated rings. The molecule has 3 heteroatoms. The number of ketones is 1. The minimum Gasteiger partial charge on any atom is -0.293 e. The van der Waals surface area contributed by atoms with E-state index >= 15 is 0 Å². The maximum absolute atomic E-state index is 12.6. The van der Waals surface area contributed by atoms with Gasteiger partial charge in [0, 0.05) is 15.1 Å². The van der Waals surface area contributed by atoms with Crippen molar-refractivity contribution in [1.82, 2.24) is 0 Å². The van der Waals surface area contributed by atoms with Crippen LogP contribution in [-0.4, -0.2) is 10.5 Å². The summed E-state index contributed by atoms with van der Waals surface area (Å²) in [7, 11) is 0. The molecule has 19 heavy (non-hydrogen) atoms. The van der Waals surface area contributed by atoms with E-state index in [9.17, 15) is 4.79 Å². The van der Waals surface area contributed by atoms with E-state index in [1.807, 2.05) is 39.8 Å². The molecule has 0 bridgehead atoms. The van der Waals surface area contributed by atoms with Gasteiger partial charge in [0.25, 0.3) is 0 Å². The zero-order valence-corrected chi connectivity index (χ0v) is 14.4. The molecular weight excluding hydrogens is 276 g/mol. The van der Waals surface area contributed by atoms with Crippen LogP contribution < -0.4 is 0 Å². The highest BCUT2D eigenvalue weighted by atomic mass is 35.5. The third-order valence-corrected chi connectivity index (χ3v) is 4.28. The number of thioether (sulfide) groups is 1. The van der Waals surface area contributed by atoms with Gasteiger partial charge < -0.3 is 0 Å². The molecule has 0 saturated heterocycles. The van der Waals surface area contributed by atoms with Gasteiger partial charge in [-0.25, -0.2) is 0 Å². The maximum Gasteiger partial charge on any atom is 0.170 e. The molecule has 0 amide bonds. The van der Waals surface area contributed by atoms with Crippen molar-refractivity contribution in [3.8, 4) is 0 Å². The zero-order chi connectivity index (χ0) is 15.0. The lowest BCUT2D eigenvalue weighted by Crippen LogP contribution is -2.22. The summed E-state index contributed by atoms with van der Waals surface area (Å²) >= 11 is 8.00. The Labute approximate surface area is 126 Å². The minimum atomic E-state index is -0.426. The van der Waals surface area contributed by atoms with Crippen LogP contribution >= 0.6 is 23.4 Å². The van der Waals surface area contributed by atoms with E-state index in [0.717, 1.165) is 10.5 Å². The third kappa shape index (κ3) is 4.25. The maximum atomic E-state index is 12.6. The van der Waals surface area contributed by atoms with E-state index in [2.05, 4.69) is 20.8 Å². The van der Waals surface area contributed by atoms with E-state index in [1.54, 1.807) is 11.8 Å². The molecule has 0 N–H and O–H groups in total. The Morgan fingerprint density at radius 3 is 2.05 bits per heavy atom. The van der Waals surface area contributed by atoms with Crippen LogP contribution in [0, 0.1) is 12.3 Å². The van der Waals surface area contributed by atoms with Crippen LogP contribution in [-0.2, 0) is 0 Å². The van der Waals surface area contributed by atoms with E-state index in [1.165, 1.54) is 0 Å². The molecule has 0 atom stereocenters. The van der Waals surface area contributed by atoms with Crippen molar-refractivity contribution < 1.29 is 4.79 Å². The largest absolute Gasteiger partial charge is 0.293 e. The molecule has 106 valence electrons. The Kier molecular flexibility index (Phi) is 4.79. The van der Waals surface area contributed by atoms with Gasteiger partial charge in [-0.05, 0) is 18.6 Å². The van der Waals surface area contributed by atoms with Crippen molar-refractivity contribution in [3.05, 3.63) is 28.3 Å². The molecule has 1 aromatic rings. The molecule has 1 aromatic carbocycles. The monoisotopic (exact) mass is 298 g/mol. The van der Waals surface area contributed by atoms with Gasteiger partial charge in [-0.1, -0.05) is 59.2 Å². The Morgan fingerprint density at radius 1 is 1.11 bits per heavy atom. The number of aryl methyl sites for hydroxylation is 1. The fourth-order valence-corrected chi connectivity index (χ4v) is 3.13. The van der Waals surface area contributed by atoms with Crippen LogP contribution in [0.3, 0.4) is 0 Å². The molecule has 1 rings (SSSR count). The molecule has 0 aliphatic carbocycles. The summed E-state index contributed by atoms with van der Waals surface area (Å²) < 4.78 is 0.0440. The number of benzene rings is 1. The van der Waals surface area contributed by atoms with Crippen LogP contribution in [0.1, 0.15) is 57.5 Å². The van der Waals surface area contributed by atoms with Crippen LogP contribution in [0.15, 0.2) is 17.0 Å². The predicted molar refractivity (Wildman–Crippen MR) is 85.6 cm³/mol. The van der Waals surface area contributed by atoms with Gasteiger partial charge in [0.2, 0.25) is 0 Å². The second-order valence-electron chi connectivity index (χ2n) is 6.86. The number of hydrogen-bond acceptors (Lipinski definition) is 2. The van der Waals surface area contributed by atoms with Crippen LogP contribution in [0.25, 0.3) is 0 Å². The van der Waals surface area contributed by atoms with E-state index in [0.29, 0.717) is 10.6 Å². The molecule has 0 radical (unpaired) electrons. The Bertz CT molecular complexity index is 493. The summed E-state index contributed by atoms with van der Waals surface area (Å²) in [6, 6.07) is 3.80. The normalized spacial score (nSPS) is 12.6. The smallest absolute Gasteiger partial charge is 0.170 e. The lowest BCUT2D eigenvalue weighted by molar-refractivity contribution is 0.0855. The first-order valence-electron chi connectivity index (χ1n) is 6.46. The van der Waals surface area contributed by atoms with Crippen LogP contribution in [0.4, 0.5) is 0 Å². The van der Waals surface area contributed by atoms with Gasteiger partial charge in [-0.3, -0.25) is 4.79 Å². The molecule has 0 aliphatic rings. The number of halogens is 1. The Hall–Kier alpha value is -0.470. The summed E-state index contributed by atoms with van der Waals surface area (Å²) in [5, 5.41) is 0.553. The summed E-state index contributed by atoms with van der Waals surface area (Å²) in [5.41, 5.74) is 1.36. The first kappa shape index (κ1) is 16.6. The first-order valence-corrected chi connectivity index (χ1v) is 7.66. The predicted octanol–water partition coefficient (Wildman–Crippen LogP) is 5.77. The third-order valence-electron chi connectivity index (χ3n) is 2.62. The number of carbonyl (C=O) groups is 1. The Balaban J connectivity index is 3.45. The molecule has 0 spiro atoms. The van der Waals surface area contributed by atoms with Gasteiger partial charge in [0.1, 0.15) is 0 Å². The lowest BCUT2D eigenvalue weighted by atomic mass is 9.86.